The van der Waals surface area contributed by atoms with Gasteiger partial charge in [-0.05, 0) is 12.1 Å². The summed E-state index contributed by atoms with van der Waals surface area (Å²) in [4.78, 5) is 3.90. The van der Waals surface area contributed by atoms with Crippen molar-refractivity contribution in [3.63, 3.8) is 0 Å². The van der Waals surface area contributed by atoms with Gasteiger partial charge in [0.25, 0.3) is 0 Å². The Morgan fingerprint density at radius 1 is 1.36 bits per heavy atom. The third kappa shape index (κ3) is 1.44. The molecule has 2 aromatic rings. The fourth-order valence-corrected chi connectivity index (χ4v) is 1.13. The maximum absolute atomic E-state index is 12.6. The van der Waals surface area contributed by atoms with Gasteiger partial charge in [-0.15, -0.1) is 0 Å². The van der Waals surface area contributed by atoms with Gasteiger partial charge in [-0.2, -0.15) is 5.10 Å². The van der Waals surface area contributed by atoms with Gasteiger partial charge in [-0.1, -0.05) is 0 Å². The molecule has 0 aliphatic rings. The topological polar surface area (TPSA) is 56.7 Å². The van der Waals surface area contributed by atoms with Crippen molar-refractivity contribution in [3.8, 4) is 11.4 Å². The summed E-state index contributed by atoms with van der Waals surface area (Å²) in [6.07, 6.45) is 1.15. The molecule has 5 heteroatoms. The summed E-state index contributed by atoms with van der Waals surface area (Å²) in [6, 6.07) is 4.60. The minimum absolute atomic E-state index is 0.363. The van der Waals surface area contributed by atoms with Crippen LogP contribution in [0, 0.1) is 5.82 Å². The zero-order valence-electron chi connectivity index (χ0n) is 7.61. The van der Waals surface area contributed by atoms with Gasteiger partial charge in [0, 0.05) is 13.1 Å². The fraction of sp³-hybridized carbons (Fsp3) is 0.111. The van der Waals surface area contributed by atoms with Crippen LogP contribution in [0.1, 0.15) is 0 Å². The minimum atomic E-state index is -0.363. The molecule has 14 heavy (non-hydrogen) atoms. The first-order chi connectivity index (χ1) is 6.66. The molecule has 0 aliphatic carbocycles. The third-order valence-electron chi connectivity index (χ3n) is 1.91. The van der Waals surface area contributed by atoms with Crippen molar-refractivity contribution < 1.29 is 4.39 Å². The summed E-state index contributed by atoms with van der Waals surface area (Å²) in [7, 11) is 1.74. The number of hydrogen-bond donors (Lipinski definition) is 1. The van der Waals surface area contributed by atoms with Gasteiger partial charge in [0.1, 0.15) is 17.3 Å². The number of nitrogens with two attached hydrogens (primary N) is 1. The quantitative estimate of drug-likeness (QED) is 0.738. The van der Waals surface area contributed by atoms with Crippen molar-refractivity contribution in [3.05, 3.63) is 30.2 Å². The highest BCUT2D eigenvalue weighted by atomic mass is 19.1. The van der Waals surface area contributed by atoms with Gasteiger partial charge in [0.05, 0.1) is 11.9 Å². The number of nitrogens with zero attached hydrogens (tertiary/aromatic N) is 3. The molecule has 0 aromatic carbocycles. The van der Waals surface area contributed by atoms with Crippen molar-refractivity contribution in [2.45, 2.75) is 0 Å². The Kier molecular flexibility index (Phi) is 1.92. The summed E-state index contributed by atoms with van der Waals surface area (Å²) in [5.74, 6) is 0.184. The summed E-state index contributed by atoms with van der Waals surface area (Å²) in [5, 5.41) is 4.12. The molecule has 0 spiro atoms. The molecule has 0 radical (unpaired) electrons. The van der Waals surface area contributed by atoms with E-state index in [0.29, 0.717) is 17.2 Å². The summed E-state index contributed by atoms with van der Waals surface area (Å²) < 4.78 is 14.1. The standard InChI is InChI=1S/C9H9FN4/c1-14-9(11)4-8(13-14)7-3-2-6(10)5-12-7/h2-5H,11H2,1H3. The molecule has 0 amide bonds. The molecular weight excluding hydrogens is 183 g/mol. The Labute approximate surface area is 80.2 Å². The minimum Gasteiger partial charge on any atom is -0.384 e. The average Bonchev–Trinajstić information content (AvgIpc) is 2.48. The van der Waals surface area contributed by atoms with Crippen molar-refractivity contribution in [1.29, 1.82) is 0 Å². The lowest BCUT2D eigenvalue weighted by molar-refractivity contribution is 0.621. The number of aryl methyl sites for hydroxylation is 1. The smallest absolute Gasteiger partial charge is 0.141 e. The molecular formula is C9H9FN4. The van der Waals surface area contributed by atoms with E-state index in [9.17, 15) is 4.39 Å². The first-order valence-electron chi connectivity index (χ1n) is 4.08. The average molecular weight is 192 g/mol. The predicted molar refractivity (Wildman–Crippen MR) is 50.8 cm³/mol. The van der Waals surface area contributed by atoms with Crippen molar-refractivity contribution in [2.75, 3.05) is 5.73 Å². The number of aromatic nitrogens is 3. The van der Waals surface area contributed by atoms with E-state index < -0.39 is 0 Å². The lowest BCUT2D eigenvalue weighted by Crippen LogP contribution is -1.96. The third-order valence-corrected chi connectivity index (χ3v) is 1.91. The molecule has 0 saturated heterocycles. The highest BCUT2D eigenvalue weighted by Crippen LogP contribution is 2.17. The van der Waals surface area contributed by atoms with Crippen molar-refractivity contribution >= 4 is 5.82 Å². The highest BCUT2D eigenvalue weighted by Gasteiger charge is 2.05. The molecule has 2 N–H and O–H groups in total. The Hall–Kier alpha value is -1.91. The van der Waals surface area contributed by atoms with Gasteiger partial charge in [0.15, 0.2) is 0 Å². The number of hydrogen-bond acceptors (Lipinski definition) is 3. The van der Waals surface area contributed by atoms with E-state index in [-0.39, 0.29) is 5.82 Å². The molecule has 2 rings (SSSR count). The van der Waals surface area contributed by atoms with Crippen LogP contribution >= 0.6 is 0 Å². The summed E-state index contributed by atoms with van der Waals surface area (Å²) in [5.41, 5.74) is 6.86. The van der Waals surface area contributed by atoms with Crippen LogP contribution in [0.15, 0.2) is 24.4 Å². The zero-order chi connectivity index (χ0) is 10.1. The van der Waals surface area contributed by atoms with Crippen LogP contribution in [0.4, 0.5) is 10.2 Å². The molecule has 2 heterocycles. The Morgan fingerprint density at radius 3 is 2.64 bits per heavy atom. The SMILES string of the molecule is Cn1nc(-c2ccc(F)cn2)cc1N. The van der Waals surface area contributed by atoms with E-state index in [2.05, 4.69) is 10.1 Å². The van der Waals surface area contributed by atoms with Crippen LogP contribution < -0.4 is 5.73 Å². The van der Waals surface area contributed by atoms with Crippen molar-refractivity contribution in [1.82, 2.24) is 14.8 Å². The van der Waals surface area contributed by atoms with E-state index >= 15 is 0 Å². The monoisotopic (exact) mass is 192 g/mol. The summed E-state index contributed by atoms with van der Waals surface area (Å²) in [6.45, 7) is 0. The second-order valence-corrected chi connectivity index (χ2v) is 2.94. The van der Waals surface area contributed by atoms with E-state index in [1.165, 1.54) is 6.07 Å². The van der Waals surface area contributed by atoms with Crippen LogP contribution in [-0.4, -0.2) is 14.8 Å². The van der Waals surface area contributed by atoms with Gasteiger partial charge in [-0.25, -0.2) is 4.39 Å². The van der Waals surface area contributed by atoms with Crippen LogP contribution in [-0.2, 0) is 7.05 Å². The largest absolute Gasteiger partial charge is 0.384 e. The van der Waals surface area contributed by atoms with Gasteiger partial charge >= 0.3 is 0 Å². The van der Waals surface area contributed by atoms with Crippen LogP contribution in [0.25, 0.3) is 11.4 Å². The second-order valence-electron chi connectivity index (χ2n) is 2.94. The molecule has 0 fully saturated rings. The maximum atomic E-state index is 12.6. The first-order valence-corrected chi connectivity index (χ1v) is 4.08. The normalized spacial score (nSPS) is 10.4. The van der Waals surface area contributed by atoms with Crippen molar-refractivity contribution in [2.24, 2.45) is 7.05 Å². The maximum Gasteiger partial charge on any atom is 0.141 e. The van der Waals surface area contributed by atoms with Crippen LogP contribution in [0.2, 0.25) is 0 Å². The van der Waals surface area contributed by atoms with E-state index in [4.69, 9.17) is 5.73 Å². The van der Waals surface area contributed by atoms with Crippen LogP contribution in [0.3, 0.4) is 0 Å². The number of nitrogen functional groups attached to an aromatic ring is 1. The van der Waals surface area contributed by atoms with E-state index in [1.807, 2.05) is 0 Å². The molecule has 0 saturated carbocycles. The molecule has 0 aliphatic heterocycles. The number of anilines is 1. The van der Waals surface area contributed by atoms with Gasteiger partial charge < -0.3 is 5.73 Å². The second kappa shape index (κ2) is 3.10. The van der Waals surface area contributed by atoms with Gasteiger partial charge in [-0.3, -0.25) is 9.67 Å². The first kappa shape index (κ1) is 8.68. The zero-order valence-corrected chi connectivity index (χ0v) is 7.61. The van der Waals surface area contributed by atoms with Gasteiger partial charge in [0.2, 0.25) is 0 Å². The molecule has 72 valence electrons. The molecule has 0 atom stereocenters. The number of rotatable bonds is 1. The molecule has 0 bridgehead atoms. The Morgan fingerprint density at radius 2 is 2.14 bits per heavy atom. The highest BCUT2D eigenvalue weighted by molar-refractivity contribution is 5.57. The molecule has 2 aromatic heterocycles. The summed E-state index contributed by atoms with van der Waals surface area (Å²) >= 11 is 0. The molecule has 0 unspecified atom stereocenters. The lowest BCUT2D eigenvalue weighted by atomic mass is 10.3. The van der Waals surface area contributed by atoms with Crippen LogP contribution in [0.5, 0.6) is 0 Å². The van der Waals surface area contributed by atoms with E-state index in [1.54, 1.807) is 23.9 Å². The fourth-order valence-electron chi connectivity index (χ4n) is 1.13. The Bertz CT molecular complexity index is 427. The predicted octanol–water partition coefficient (Wildman–Crippen LogP) is 1.20. The number of halogens is 1. The number of pyridine rings is 1. The molecule has 4 nitrogen and oxygen atoms in total. The van der Waals surface area contributed by atoms with E-state index in [0.717, 1.165) is 6.20 Å². The Balaban J connectivity index is 2.44. The lowest BCUT2D eigenvalue weighted by Gasteiger charge is -1.93.